The van der Waals surface area contributed by atoms with Gasteiger partial charge in [0, 0.05) is 18.6 Å². The topological polar surface area (TPSA) is 63.4 Å². The van der Waals surface area contributed by atoms with Gasteiger partial charge >= 0.3 is 0 Å². The Hall–Kier alpha value is -0.910. The van der Waals surface area contributed by atoms with E-state index in [4.69, 9.17) is 5.73 Å². The van der Waals surface area contributed by atoms with E-state index in [0.29, 0.717) is 13.0 Å². The van der Waals surface area contributed by atoms with Gasteiger partial charge in [0.05, 0.1) is 11.5 Å². The van der Waals surface area contributed by atoms with Crippen LogP contribution in [0.5, 0.6) is 0 Å². The third-order valence-electron chi connectivity index (χ3n) is 4.02. The molecule has 5 heteroatoms. The highest BCUT2D eigenvalue weighted by Crippen LogP contribution is 2.30. The second-order valence-electron chi connectivity index (χ2n) is 5.27. The van der Waals surface area contributed by atoms with Gasteiger partial charge in [-0.05, 0) is 18.5 Å². The molecular formula is C14H22N2O2S. The van der Waals surface area contributed by atoms with Crippen molar-refractivity contribution in [3.8, 4) is 0 Å². The fourth-order valence-corrected chi connectivity index (χ4v) is 4.96. The fourth-order valence-electron chi connectivity index (χ4n) is 2.86. The zero-order valence-electron chi connectivity index (χ0n) is 11.4. The van der Waals surface area contributed by atoms with Crippen molar-refractivity contribution in [3.05, 3.63) is 35.9 Å². The monoisotopic (exact) mass is 282 g/mol. The van der Waals surface area contributed by atoms with E-state index in [-0.39, 0.29) is 17.0 Å². The summed E-state index contributed by atoms with van der Waals surface area (Å²) in [5.74, 6) is 0.451. The summed E-state index contributed by atoms with van der Waals surface area (Å²) < 4.78 is 23.6. The minimum atomic E-state index is -2.94. The van der Waals surface area contributed by atoms with Crippen LogP contribution in [0.3, 0.4) is 0 Å². The van der Waals surface area contributed by atoms with E-state index in [1.165, 1.54) is 5.56 Å². The normalized spacial score (nSPS) is 25.8. The zero-order valence-corrected chi connectivity index (χ0v) is 12.2. The second kappa shape index (κ2) is 5.61. The summed E-state index contributed by atoms with van der Waals surface area (Å²) in [6, 6.07) is 10.1. The van der Waals surface area contributed by atoms with Crippen molar-refractivity contribution in [2.45, 2.75) is 25.4 Å². The lowest BCUT2D eigenvalue weighted by Gasteiger charge is -2.39. The molecule has 1 aliphatic rings. The van der Waals surface area contributed by atoms with Crippen molar-refractivity contribution in [1.82, 2.24) is 4.90 Å². The molecule has 0 radical (unpaired) electrons. The Morgan fingerprint density at radius 3 is 2.47 bits per heavy atom. The number of nitrogens with two attached hydrogens (primary N) is 1. The van der Waals surface area contributed by atoms with Gasteiger partial charge < -0.3 is 5.73 Å². The van der Waals surface area contributed by atoms with E-state index in [1.54, 1.807) is 0 Å². The molecule has 1 heterocycles. The van der Waals surface area contributed by atoms with Crippen LogP contribution in [0.25, 0.3) is 0 Å². The standard InChI is InChI=1S/C14H22N2O2S/c1-2-16(10-13-6-4-3-5-7-13)14(11-15)8-9-19(17,18)12-14/h3-7H,2,8-12,15H2,1H3. The van der Waals surface area contributed by atoms with Gasteiger partial charge in [-0.2, -0.15) is 0 Å². The van der Waals surface area contributed by atoms with Crippen molar-refractivity contribution in [2.24, 2.45) is 5.73 Å². The molecule has 0 aliphatic carbocycles. The Bertz CT molecular complexity index is 516. The van der Waals surface area contributed by atoms with Gasteiger partial charge in [-0.15, -0.1) is 0 Å². The van der Waals surface area contributed by atoms with Crippen molar-refractivity contribution in [3.63, 3.8) is 0 Å². The lowest BCUT2D eigenvalue weighted by atomic mass is 9.95. The third-order valence-corrected chi connectivity index (χ3v) is 5.82. The van der Waals surface area contributed by atoms with Gasteiger partial charge in [-0.3, -0.25) is 4.90 Å². The molecule has 106 valence electrons. The molecule has 0 saturated carbocycles. The van der Waals surface area contributed by atoms with Gasteiger partial charge in [0.1, 0.15) is 0 Å². The molecule has 1 saturated heterocycles. The maximum Gasteiger partial charge on any atom is 0.152 e. The highest BCUT2D eigenvalue weighted by atomic mass is 32.2. The fraction of sp³-hybridized carbons (Fsp3) is 0.571. The molecule has 1 atom stereocenters. The van der Waals surface area contributed by atoms with Crippen LogP contribution >= 0.6 is 0 Å². The van der Waals surface area contributed by atoms with Crippen molar-refractivity contribution >= 4 is 9.84 Å². The molecule has 2 rings (SSSR count). The summed E-state index contributed by atoms with van der Waals surface area (Å²) in [6.45, 7) is 4.02. The van der Waals surface area contributed by atoms with Gasteiger partial charge in [0.25, 0.3) is 0 Å². The maximum atomic E-state index is 11.8. The first-order chi connectivity index (χ1) is 9.01. The van der Waals surface area contributed by atoms with Crippen LogP contribution < -0.4 is 5.73 Å². The Morgan fingerprint density at radius 2 is 2.00 bits per heavy atom. The van der Waals surface area contributed by atoms with E-state index in [9.17, 15) is 8.42 Å². The summed E-state index contributed by atoms with van der Waals surface area (Å²) >= 11 is 0. The molecule has 0 bridgehead atoms. The first-order valence-corrected chi connectivity index (χ1v) is 8.53. The number of nitrogens with zero attached hydrogens (tertiary/aromatic N) is 1. The Labute approximate surface area is 115 Å². The summed E-state index contributed by atoms with van der Waals surface area (Å²) in [4.78, 5) is 2.22. The SMILES string of the molecule is CCN(Cc1ccccc1)C1(CN)CCS(=O)(=O)C1. The van der Waals surface area contributed by atoms with Gasteiger partial charge in [0.15, 0.2) is 9.84 Å². The van der Waals surface area contributed by atoms with E-state index < -0.39 is 9.84 Å². The van der Waals surface area contributed by atoms with Crippen LogP contribution in [0, 0.1) is 0 Å². The molecule has 1 unspecified atom stereocenters. The van der Waals surface area contributed by atoms with E-state index in [0.717, 1.165) is 13.1 Å². The van der Waals surface area contributed by atoms with Crippen LogP contribution in [0.4, 0.5) is 0 Å². The quantitative estimate of drug-likeness (QED) is 0.876. The van der Waals surface area contributed by atoms with Gasteiger partial charge in [-0.25, -0.2) is 8.42 Å². The molecule has 0 amide bonds. The molecule has 1 aliphatic heterocycles. The molecule has 1 fully saturated rings. The summed E-state index contributed by atoms with van der Waals surface area (Å²) in [5, 5.41) is 0. The summed E-state index contributed by atoms with van der Waals surface area (Å²) in [6.07, 6.45) is 0.645. The first kappa shape index (κ1) is 14.5. The molecule has 4 nitrogen and oxygen atoms in total. The van der Waals surface area contributed by atoms with Gasteiger partial charge in [0.2, 0.25) is 0 Å². The number of rotatable bonds is 5. The summed E-state index contributed by atoms with van der Waals surface area (Å²) in [7, 11) is -2.94. The van der Waals surface area contributed by atoms with Crippen LogP contribution in [-0.2, 0) is 16.4 Å². The van der Waals surface area contributed by atoms with Crippen molar-refractivity contribution < 1.29 is 8.42 Å². The van der Waals surface area contributed by atoms with E-state index >= 15 is 0 Å². The molecular weight excluding hydrogens is 260 g/mol. The molecule has 1 aromatic rings. The highest BCUT2D eigenvalue weighted by molar-refractivity contribution is 7.91. The lowest BCUT2D eigenvalue weighted by molar-refractivity contribution is 0.114. The average Bonchev–Trinajstić information content (AvgIpc) is 2.74. The highest BCUT2D eigenvalue weighted by Gasteiger charge is 2.44. The smallest absolute Gasteiger partial charge is 0.152 e. The molecule has 1 aromatic carbocycles. The molecule has 0 aromatic heterocycles. The molecule has 2 N–H and O–H groups in total. The number of likely N-dealkylation sites (N-methyl/N-ethyl adjacent to an activating group) is 1. The minimum Gasteiger partial charge on any atom is -0.329 e. The van der Waals surface area contributed by atoms with Crippen LogP contribution in [0.2, 0.25) is 0 Å². The molecule has 0 spiro atoms. The largest absolute Gasteiger partial charge is 0.329 e. The number of hydrogen-bond acceptors (Lipinski definition) is 4. The third kappa shape index (κ3) is 3.16. The number of hydrogen-bond donors (Lipinski definition) is 1. The summed E-state index contributed by atoms with van der Waals surface area (Å²) in [5.41, 5.74) is 6.72. The predicted octanol–water partition coefficient (Wildman–Crippen LogP) is 1.02. The molecule has 19 heavy (non-hydrogen) atoms. The van der Waals surface area contributed by atoms with Crippen LogP contribution in [0.1, 0.15) is 18.9 Å². The Balaban J connectivity index is 2.21. The Kier molecular flexibility index (Phi) is 4.28. The van der Waals surface area contributed by atoms with E-state index in [1.807, 2.05) is 18.2 Å². The van der Waals surface area contributed by atoms with Gasteiger partial charge in [-0.1, -0.05) is 37.3 Å². The minimum absolute atomic E-state index is 0.192. The number of sulfone groups is 1. The van der Waals surface area contributed by atoms with E-state index in [2.05, 4.69) is 24.0 Å². The first-order valence-electron chi connectivity index (χ1n) is 6.71. The zero-order chi connectivity index (χ0) is 13.9. The van der Waals surface area contributed by atoms with Crippen LogP contribution in [0.15, 0.2) is 30.3 Å². The van der Waals surface area contributed by atoms with Crippen LogP contribution in [-0.4, -0.2) is 43.5 Å². The van der Waals surface area contributed by atoms with Crippen molar-refractivity contribution in [2.75, 3.05) is 24.6 Å². The average molecular weight is 282 g/mol. The maximum absolute atomic E-state index is 11.8. The van der Waals surface area contributed by atoms with Crippen molar-refractivity contribution in [1.29, 1.82) is 0 Å². The lowest BCUT2D eigenvalue weighted by Crippen LogP contribution is -2.54. The Morgan fingerprint density at radius 1 is 1.32 bits per heavy atom. The second-order valence-corrected chi connectivity index (χ2v) is 7.45. The predicted molar refractivity (Wildman–Crippen MR) is 77.6 cm³/mol. The number of benzene rings is 1.